The van der Waals surface area contributed by atoms with Gasteiger partial charge in [-0.15, -0.1) is 13.2 Å². The predicted octanol–water partition coefficient (Wildman–Crippen LogP) is 2.03. The summed E-state index contributed by atoms with van der Waals surface area (Å²) in [5.74, 6) is -1.47. The smallest absolute Gasteiger partial charge is 0.339 e. The number of rotatable bonds is 2. The van der Waals surface area contributed by atoms with E-state index in [2.05, 4.69) is 13.2 Å². The standard InChI is InChI=1S/C7H7NO3.2C3H6.C2H6O2/c8-4-1-2-5(7(10)11)6(9)3-4;2*1-3-2;3-1-2-4/h1-3,9H,8H2,(H,10,11);2*3H,1H2,2H3;3-4H,1-2H2. The van der Waals surface area contributed by atoms with E-state index in [1.807, 2.05) is 13.8 Å². The molecule has 0 saturated heterocycles. The first-order chi connectivity index (χ1) is 9.85. The molecule has 0 aromatic heterocycles. The summed E-state index contributed by atoms with van der Waals surface area (Å²) in [6.45, 7) is 10.2. The van der Waals surface area contributed by atoms with Crippen molar-refractivity contribution >= 4 is 11.7 Å². The lowest BCUT2D eigenvalue weighted by molar-refractivity contribution is 0.0694. The second-order valence-electron chi connectivity index (χ2n) is 3.35. The topological polar surface area (TPSA) is 124 Å². The average Bonchev–Trinajstić information content (AvgIpc) is 2.40. The van der Waals surface area contributed by atoms with E-state index in [0.717, 1.165) is 0 Å². The van der Waals surface area contributed by atoms with Crippen LogP contribution in [-0.2, 0) is 0 Å². The number of allylic oxidation sites excluding steroid dienone is 2. The molecule has 1 aromatic rings. The van der Waals surface area contributed by atoms with E-state index in [9.17, 15) is 4.79 Å². The molecule has 120 valence electrons. The summed E-state index contributed by atoms with van der Waals surface area (Å²) in [4.78, 5) is 10.3. The number of aromatic hydroxyl groups is 1. The van der Waals surface area contributed by atoms with Gasteiger partial charge in [-0.05, 0) is 26.0 Å². The molecule has 6 heteroatoms. The number of aliphatic hydroxyl groups excluding tert-OH is 2. The van der Waals surface area contributed by atoms with Crippen molar-refractivity contribution in [2.75, 3.05) is 18.9 Å². The van der Waals surface area contributed by atoms with Crippen LogP contribution in [0.3, 0.4) is 0 Å². The van der Waals surface area contributed by atoms with Crippen molar-refractivity contribution in [3.05, 3.63) is 49.1 Å². The zero-order chi connectivity index (χ0) is 17.3. The number of nitrogen functional groups attached to an aromatic ring is 1. The highest BCUT2D eigenvalue weighted by molar-refractivity contribution is 5.91. The first kappa shape index (κ1) is 23.8. The fourth-order valence-electron chi connectivity index (χ4n) is 0.730. The zero-order valence-corrected chi connectivity index (χ0v) is 12.5. The van der Waals surface area contributed by atoms with Crippen LogP contribution in [0, 0.1) is 0 Å². The number of benzene rings is 1. The number of aliphatic hydroxyl groups is 2. The third kappa shape index (κ3) is 17.7. The Kier molecular flexibility index (Phi) is 20.0. The number of hydrogen-bond donors (Lipinski definition) is 5. The summed E-state index contributed by atoms with van der Waals surface area (Å²) < 4.78 is 0. The average molecular weight is 299 g/mol. The summed E-state index contributed by atoms with van der Waals surface area (Å²) in [5.41, 5.74) is 5.48. The van der Waals surface area contributed by atoms with Crippen LogP contribution in [0.25, 0.3) is 0 Å². The van der Waals surface area contributed by atoms with Crippen molar-refractivity contribution in [1.82, 2.24) is 0 Å². The molecular weight excluding hydrogens is 274 g/mol. The molecule has 0 aliphatic rings. The monoisotopic (exact) mass is 299 g/mol. The molecule has 0 heterocycles. The Balaban J connectivity index is -0.000000270. The molecular formula is C15H25NO5. The van der Waals surface area contributed by atoms with Crippen molar-refractivity contribution in [2.45, 2.75) is 13.8 Å². The number of nitrogens with two attached hydrogens (primary N) is 1. The molecule has 0 aliphatic carbocycles. The minimum atomic E-state index is -1.16. The van der Waals surface area contributed by atoms with Crippen LogP contribution in [0.4, 0.5) is 5.69 Å². The normalized spacial score (nSPS) is 7.62. The van der Waals surface area contributed by atoms with Gasteiger partial charge in [-0.1, -0.05) is 12.2 Å². The lowest BCUT2D eigenvalue weighted by Gasteiger charge is -1.98. The molecule has 0 aliphatic heterocycles. The Hall–Kier alpha value is -2.31. The number of carboxylic acids is 1. The van der Waals surface area contributed by atoms with Crippen molar-refractivity contribution < 1.29 is 25.2 Å². The summed E-state index contributed by atoms with van der Waals surface area (Å²) in [5, 5.41) is 32.7. The van der Waals surface area contributed by atoms with Gasteiger partial charge in [0.15, 0.2) is 0 Å². The number of hydrogen-bond acceptors (Lipinski definition) is 5. The highest BCUT2D eigenvalue weighted by Gasteiger charge is 2.07. The molecule has 21 heavy (non-hydrogen) atoms. The van der Waals surface area contributed by atoms with Crippen LogP contribution in [-0.4, -0.2) is 39.6 Å². The highest BCUT2D eigenvalue weighted by Crippen LogP contribution is 2.19. The van der Waals surface area contributed by atoms with Gasteiger partial charge in [0.1, 0.15) is 11.3 Å². The first-order valence-corrected chi connectivity index (χ1v) is 6.03. The van der Waals surface area contributed by atoms with Gasteiger partial charge < -0.3 is 26.2 Å². The maximum absolute atomic E-state index is 10.3. The van der Waals surface area contributed by atoms with Gasteiger partial charge in [0.25, 0.3) is 0 Å². The second-order valence-corrected chi connectivity index (χ2v) is 3.35. The van der Waals surface area contributed by atoms with Crippen LogP contribution in [0.5, 0.6) is 5.75 Å². The third-order valence-electron chi connectivity index (χ3n) is 1.35. The second kappa shape index (κ2) is 17.7. The predicted molar refractivity (Wildman–Crippen MR) is 85.4 cm³/mol. The molecule has 0 bridgehead atoms. The first-order valence-electron chi connectivity index (χ1n) is 6.03. The van der Waals surface area contributed by atoms with E-state index >= 15 is 0 Å². The molecule has 0 saturated carbocycles. The van der Waals surface area contributed by atoms with E-state index in [1.165, 1.54) is 18.2 Å². The SMILES string of the molecule is C=CC.C=CC.Nc1ccc(C(=O)O)c(O)c1.OCCO. The Morgan fingerprint density at radius 1 is 1.19 bits per heavy atom. The Morgan fingerprint density at radius 2 is 1.57 bits per heavy atom. The van der Waals surface area contributed by atoms with Crippen LogP contribution in [0.1, 0.15) is 24.2 Å². The summed E-state index contributed by atoms with van der Waals surface area (Å²) in [7, 11) is 0. The van der Waals surface area contributed by atoms with E-state index in [1.54, 1.807) is 12.2 Å². The van der Waals surface area contributed by atoms with Gasteiger partial charge in [-0.3, -0.25) is 0 Å². The van der Waals surface area contributed by atoms with Gasteiger partial charge in [0.05, 0.1) is 13.2 Å². The van der Waals surface area contributed by atoms with E-state index < -0.39 is 5.97 Å². The van der Waals surface area contributed by atoms with E-state index in [0.29, 0.717) is 5.69 Å². The van der Waals surface area contributed by atoms with Gasteiger partial charge in [0, 0.05) is 11.8 Å². The van der Waals surface area contributed by atoms with Gasteiger partial charge >= 0.3 is 5.97 Å². The van der Waals surface area contributed by atoms with Gasteiger partial charge in [-0.2, -0.15) is 0 Å². The van der Waals surface area contributed by atoms with Crippen molar-refractivity contribution in [3.63, 3.8) is 0 Å². The molecule has 0 unspecified atom stereocenters. The Morgan fingerprint density at radius 3 is 1.81 bits per heavy atom. The third-order valence-corrected chi connectivity index (χ3v) is 1.35. The molecule has 0 spiro atoms. The largest absolute Gasteiger partial charge is 0.507 e. The quantitative estimate of drug-likeness (QED) is 0.420. The lowest BCUT2D eigenvalue weighted by atomic mass is 10.2. The number of aromatic carboxylic acids is 1. The highest BCUT2D eigenvalue weighted by atomic mass is 16.4. The van der Waals surface area contributed by atoms with Crippen molar-refractivity contribution in [2.24, 2.45) is 0 Å². The lowest BCUT2D eigenvalue weighted by Crippen LogP contribution is -1.97. The molecule has 1 rings (SSSR count). The summed E-state index contributed by atoms with van der Waals surface area (Å²) in [6.07, 6.45) is 3.50. The van der Waals surface area contributed by atoms with Crippen molar-refractivity contribution in [3.8, 4) is 5.75 Å². The van der Waals surface area contributed by atoms with Crippen LogP contribution in [0.2, 0.25) is 0 Å². The van der Waals surface area contributed by atoms with E-state index in [-0.39, 0.29) is 24.5 Å². The minimum absolute atomic E-state index is 0.125. The molecule has 6 nitrogen and oxygen atoms in total. The fourth-order valence-corrected chi connectivity index (χ4v) is 0.730. The molecule has 0 amide bonds. The van der Waals surface area contributed by atoms with Gasteiger partial charge in [0.2, 0.25) is 0 Å². The molecule has 0 fully saturated rings. The molecule has 1 aromatic carbocycles. The number of phenols is 1. The summed E-state index contributed by atoms with van der Waals surface area (Å²) >= 11 is 0. The number of carbonyl (C=O) groups is 1. The molecule has 0 radical (unpaired) electrons. The maximum Gasteiger partial charge on any atom is 0.339 e. The minimum Gasteiger partial charge on any atom is -0.507 e. The maximum atomic E-state index is 10.3. The van der Waals surface area contributed by atoms with Crippen molar-refractivity contribution in [1.29, 1.82) is 0 Å². The van der Waals surface area contributed by atoms with E-state index in [4.69, 9.17) is 26.2 Å². The van der Waals surface area contributed by atoms with Gasteiger partial charge in [-0.25, -0.2) is 4.79 Å². The fraction of sp³-hybridized carbons (Fsp3) is 0.267. The Labute approximate surface area is 125 Å². The van der Waals surface area contributed by atoms with Crippen LogP contribution >= 0.6 is 0 Å². The Bertz CT molecular complexity index is 397. The zero-order valence-electron chi connectivity index (χ0n) is 12.5. The number of anilines is 1. The summed E-state index contributed by atoms with van der Waals surface area (Å²) in [6, 6.07) is 3.87. The number of carboxylic acid groups (broad SMARTS) is 1. The molecule has 0 atom stereocenters. The molecule has 6 N–H and O–H groups in total. The van der Waals surface area contributed by atoms with Crippen LogP contribution in [0.15, 0.2) is 43.5 Å². The van der Waals surface area contributed by atoms with Crippen LogP contribution < -0.4 is 5.73 Å².